The normalized spacial score (nSPS) is 16.9. The number of aliphatic hydroxyl groups excluding tert-OH is 1. The lowest BCUT2D eigenvalue weighted by Crippen LogP contribution is -2.29. The van der Waals surface area contributed by atoms with Crippen molar-refractivity contribution in [3.63, 3.8) is 0 Å². The highest BCUT2D eigenvalue weighted by molar-refractivity contribution is 7.22. The van der Waals surface area contributed by atoms with Crippen LogP contribution in [0.5, 0.6) is 5.75 Å². The molecule has 1 atom stereocenters. The number of anilines is 2. The molecule has 3 aromatic carbocycles. The van der Waals surface area contributed by atoms with Crippen LogP contribution in [0.25, 0.3) is 16.0 Å². The number of nitrogens with zero attached hydrogens (tertiary/aromatic N) is 3. The molecular weight excluding hydrogens is 498 g/mol. The van der Waals surface area contributed by atoms with Gasteiger partial charge in [0.25, 0.3) is 5.78 Å². The van der Waals surface area contributed by atoms with Crippen molar-refractivity contribution in [3.05, 3.63) is 88.5 Å². The Hall–Kier alpha value is -4.17. The van der Waals surface area contributed by atoms with Crippen molar-refractivity contribution in [3.8, 4) is 5.75 Å². The number of Topliss-reactive ketones (excluding diaryl/α,β-unsaturated/α-hetero) is 1. The quantitative estimate of drug-likeness (QED) is 0.188. The van der Waals surface area contributed by atoms with Crippen LogP contribution < -0.4 is 14.5 Å². The van der Waals surface area contributed by atoms with E-state index in [9.17, 15) is 14.7 Å². The summed E-state index contributed by atoms with van der Waals surface area (Å²) in [6.07, 6.45) is 0. The third-order valence-electron chi connectivity index (χ3n) is 6.61. The first-order chi connectivity index (χ1) is 18.2. The van der Waals surface area contributed by atoms with Gasteiger partial charge < -0.3 is 14.7 Å². The Kier molecular flexibility index (Phi) is 6.67. The summed E-state index contributed by atoms with van der Waals surface area (Å²) < 4.78 is 6.53. The van der Waals surface area contributed by atoms with Crippen LogP contribution >= 0.6 is 11.3 Å². The van der Waals surface area contributed by atoms with Crippen LogP contribution in [0, 0.1) is 13.8 Å². The number of hydrogen-bond donors (Lipinski definition) is 1. The van der Waals surface area contributed by atoms with Crippen molar-refractivity contribution in [1.82, 2.24) is 4.98 Å². The van der Waals surface area contributed by atoms with E-state index < -0.39 is 17.7 Å². The van der Waals surface area contributed by atoms with Gasteiger partial charge in [0.2, 0.25) is 0 Å². The average molecular weight is 528 g/mol. The first-order valence-electron chi connectivity index (χ1n) is 12.4. The Balaban J connectivity index is 1.71. The third kappa shape index (κ3) is 4.41. The van der Waals surface area contributed by atoms with Crippen LogP contribution in [-0.2, 0) is 9.59 Å². The first-order valence-corrected chi connectivity index (χ1v) is 13.2. The molecule has 0 radical (unpaired) electrons. The van der Waals surface area contributed by atoms with Crippen molar-refractivity contribution in [2.45, 2.75) is 26.8 Å². The summed E-state index contributed by atoms with van der Waals surface area (Å²) in [5, 5.41) is 11.9. The fourth-order valence-corrected chi connectivity index (χ4v) is 5.99. The van der Waals surface area contributed by atoms with E-state index in [0.29, 0.717) is 28.6 Å². The fourth-order valence-electron chi connectivity index (χ4n) is 4.82. The molecule has 2 heterocycles. The number of ketones is 1. The average Bonchev–Trinajstić information content (AvgIpc) is 3.42. The number of rotatable bonds is 6. The Labute approximate surface area is 225 Å². The number of benzene rings is 3. The number of carbonyl (C=O) groups excluding carboxylic acids is 2. The van der Waals surface area contributed by atoms with Crippen LogP contribution in [0.2, 0.25) is 0 Å². The predicted molar refractivity (Wildman–Crippen MR) is 152 cm³/mol. The van der Waals surface area contributed by atoms with Gasteiger partial charge in [-0.15, -0.1) is 0 Å². The Morgan fingerprint density at radius 1 is 1.08 bits per heavy atom. The molecule has 1 amide bonds. The molecule has 1 aliphatic rings. The zero-order valence-electron chi connectivity index (χ0n) is 22.0. The van der Waals surface area contributed by atoms with E-state index in [0.717, 1.165) is 27.0 Å². The number of amides is 1. The largest absolute Gasteiger partial charge is 0.507 e. The Morgan fingerprint density at radius 2 is 1.82 bits per heavy atom. The van der Waals surface area contributed by atoms with E-state index in [-0.39, 0.29) is 11.3 Å². The smallest absolute Gasteiger partial charge is 0.301 e. The molecule has 5 rings (SSSR count). The standard InChI is InChI=1S/C30H29N3O4S/c1-6-37-22-9-7-8-20(16-22)27(34)24-26(19-10-12-21(13-11-19)32(4)5)33(29(36)28(24)35)30-31-25-18(3)14-17(2)15-23(25)38-30/h7-16,26,34H,6H2,1-5H3. The number of aryl methyl sites for hydroxylation is 2. The van der Waals surface area contributed by atoms with Crippen LogP contribution in [0.1, 0.15) is 35.2 Å². The van der Waals surface area contributed by atoms with Gasteiger partial charge in [-0.2, -0.15) is 0 Å². The minimum Gasteiger partial charge on any atom is -0.507 e. The molecule has 1 saturated heterocycles. The molecule has 1 N–H and O–H groups in total. The van der Waals surface area contributed by atoms with Crippen molar-refractivity contribution in [1.29, 1.82) is 0 Å². The second-order valence-corrected chi connectivity index (χ2v) is 10.6. The molecule has 38 heavy (non-hydrogen) atoms. The number of thiazole rings is 1. The van der Waals surface area contributed by atoms with Crippen molar-refractivity contribution >= 4 is 49.8 Å². The van der Waals surface area contributed by atoms with Crippen molar-refractivity contribution in [2.24, 2.45) is 0 Å². The SMILES string of the molecule is CCOc1cccc(C(O)=C2C(=O)C(=O)N(c3nc4c(C)cc(C)cc4s3)C2c2ccc(N(C)C)cc2)c1. The van der Waals surface area contributed by atoms with Gasteiger partial charge in [-0.25, -0.2) is 4.98 Å². The van der Waals surface area contributed by atoms with Gasteiger partial charge in [0.05, 0.1) is 28.4 Å². The van der Waals surface area contributed by atoms with Gasteiger partial charge in [-0.3, -0.25) is 14.5 Å². The van der Waals surface area contributed by atoms with Gasteiger partial charge >= 0.3 is 5.91 Å². The summed E-state index contributed by atoms with van der Waals surface area (Å²) in [4.78, 5) is 35.3. The number of aromatic nitrogens is 1. The van der Waals surface area contributed by atoms with Gasteiger partial charge in [-0.05, 0) is 67.8 Å². The van der Waals surface area contributed by atoms with E-state index in [1.807, 2.05) is 76.2 Å². The summed E-state index contributed by atoms with van der Waals surface area (Å²) >= 11 is 1.36. The first kappa shape index (κ1) is 25.5. The molecule has 1 aliphatic heterocycles. The highest BCUT2D eigenvalue weighted by atomic mass is 32.1. The van der Waals surface area contributed by atoms with E-state index in [1.165, 1.54) is 16.2 Å². The molecule has 1 unspecified atom stereocenters. The van der Waals surface area contributed by atoms with E-state index in [4.69, 9.17) is 9.72 Å². The molecule has 0 spiro atoms. The predicted octanol–water partition coefficient (Wildman–Crippen LogP) is 6.00. The van der Waals surface area contributed by atoms with E-state index >= 15 is 0 Å². The van der Waals surface area contributed by atoms with Crippen molar-refractivity contribution in [2.75, 3.05) is 30.5 Å². The number of ether oxygens (including phenoxy) is 1. The molecule has 7 nitrogen and oxygen atoms in total. The lowest BCUT2D eigenvalue weighted by molar-refractivity contribution is -0.132. The maximum atomic E-state index is 13.6. The van der Waals surface area contributed by atoms with Crippen LogP contribution in [0.4, 0.5) is 10.8 Å². The second-order valence-electron chi connectivity index (χ2n) is 9.54. The Bertz CT molecular complexity index is 1590. The minimum absolute atomic E-state index is 0.0217. The molecular formula is C30H29N3O4S. The molecule has 1 fully saturated rings. The molecule has 0 saturated carbocycles. The molecule has 194 valence electrons. The number of hydrogen-bond acceptors (Lipinski definition) is 7. The maximum absolute atomic E-state index is 13.6. The molecule has 1 aromatic heterocycles. The topological polar surface area (TPSA) is 83.0 Å². The number of fused-ring (bicyclic) bond motifs is 1. The second kappa shape index (κ2) is 9.95. The lowest BCUT2D eigenvalue weighted by atomic mass is 9.95. The zero-order valence-corrected chi connectivity index (χ0v) is 22.8. The molecule has 0 aliphatic carbocycles. The lowest BCUT2D eigenvalue weighted by Gasteiger charge is -2.23. The number of aliphatic hydroxyl groups is 1. The zero-order chi connectivity index (χ0) is 27.1. The number of carbonyl (C=O) groups is 2. The molecule has 8 heteroatoms. The van der Waals surface area contributed by atoms with E-state index in [2.05, 4.69) is 0 Å². The van der Waals surface area contributed by atoms with Crippen molar-refractivity contribution < 1.29 is 19.4 Å². The summed E-state index contributed by atoms with van der Waals surface area (Å²) in [5.74, 6) is -1.15. The fraction of sp³-hybridized carbons (Fsp3) is 0.233. The molecule has 4 aromatic rings. The summed E-state index contributed by atoms with van der Waals surface area (Å²) in [7, 11) is 3.88. The van der Waals surface area contributed by atoms with Gasteiger partial charge in [-0.1, -0.05) is 41.7 Å². The highest BCUT2D eigenvalue weighted by Crippen LogP contribution is 2.45. The van der Waals surface area contributed by atoms with Gasteiger partial charge in [0.1, 0.15) is 11.5 Å². The van der Waals surface area contributed by atoms with Gasteiger partial charge in [0, 0.05) is 25.3 Å². The monoisotopic (exact) mass is 527 g/mol. The van der Waals surface area contributed by atoms with Crippen LogP contribution in [-0.4, -0.2) is 42.5 Å². The van der Waals surface area contributed by atoms with Crippen LogP contribution in [0.3, 0.4) is 0 Å². The summed E-state index contributed by atoms with van der Waals surface area (Å²) in [6, 6.07) is 17.7. The molecule has 0 bridgehead atoms. The third-order valence-corrected chi connectivity index (χ3v) is 7.61. The minimum atomic E-state index is -0.844. The van der Waals surface area contributed by atoms with E-state index in [1.54, 1.807) is 24.3 Å². The van der Waals surface area contributed by atoms with Crippen LogP contribution in [0.15, 0.2) is 66.2 Å². The Morgan fingerprint density at radius 3 is 2.50 bits per heavy atom. The summed E-state index contributed by atoms with van der Waals surface area (Å²) in [6.45, 7) is 6.33. The van der Waals surface area contributed by atoms with Gasteiger partial charge in [0.15, 0.2) is 5.13 Å². The maximum Gasteiger partial charge on any atom is 0.301 e. The summed E-state index contributed by atoms with van der Waals surface area (Å²) in [5.41, 5.74) is 4.98. The highest BCUT2D eigenvalue weighted by Gasteiger charge is 2.48.